The maximum Gasteiger partial charge on any atom is 0.250 e. The van der Waals surface area contributed by atoms with Crippen molar-refractivity contribution in [3.63, 3.8) is 0 Å². The average molecular weight is 231 g/mol. The van der Waals surface area contributed by atoms with Gasteiger partial charge in [-0.3, -0.25) is 4.79 Å². The van der Waals surface area contributed by atoms with Crippen LogP contribution in [0.5, 0.6) is 0 Å². The summed E-state index contributed by atoms with van der Waals surface area (Å²) in [6.07, 6.45) is 0. The normalized spacial score (nSPS) is 23.4. The quantitative estimate of drug-likeness (QED) is 0.715. The summed E-state index contributed by atoms with van der Waals surface area (Å²) in [6.45, 7) is 4.69. The van der Waals surface area contributed by atoms with Gasteiger partial charge in [0, 0.05) is 26.7 Å². The Hall–Kier alpha value is -1.55. The van der Waals surface area contributed by atoms with Gasteiger partial charge in [-0.2, -0.15) is 0 Å². The lowest BCUT2D eigenvalue weighted by molar-refractivity contribution is -0.120. The van der Waals surface area contributed by atoms with Crippen molar-refractivity contribution in [2.75, 3.05) is 36.5 Å². The zero-order valence-corrected chi connectivity index (χ0v) is 10.2. The number of carbonyl (C=O) groups is 1. The largest absolute Gasteiger partial charge is 0.355 e. The molecule has 1 atom stereocenters. The van der Waals surface area contributed by atoms with E-state index >= 15 is 0 Å². The number of anilines is 2. The van der Waals surface area contributed by atoms with E-state index in [0.717, 1.165) is 25.3 Å². The first-order valence-electron chi connectivity index (χ1n) is 6.04. The number of hydrogen-bond donors (Lipinski definition) is 1. The Labute approximate surface area is 101 Å². The number of aryl methyl sites for hydroxylation is 1. The van der Waals surface area contributed by atoms with Gasteiger partial charge >= 0.3 is 0 Å². The summed E-state index contributed by atoms with van der Waals surface area (Å²) >= 11 is 0. The molecule has 0 bridgehead atoms. The third-order valence-electron chi connectivity index (χ3n) is 3.66. The highest BCUT2D eigenvalue weighted by atomic mass is 16.2. The van der Waals surface area contributed by atoms with Gasteiger partial charge < -0.3 is 15.1 Å². The molecule has 1 fully saturated rings. The van der Waals surface area contributed by atoms with Gasteiger partial charge in [0.2, 0.25) is 0 Å². The van der Waals surface area contributed by atoms with Gasteiger partial charge in [-0.25, -0.2) is 0 Å². The van der Waals surface area contributed by atoms with Crippen molar-refractivity contribution in [3.8, 4) is 0 Å². The molecule has 17 heavy (non-hydrogen) atoms. The number of amides is 1. The molecule has 1 saturated heterocycles. The molecule has 0 spiro atoms. The summed E-state index contributed by atoms with van der Waals surface area (Å²) in [5.41, 5.74) is 3.46. The molecule has 0 aromatic heterocycles. The molecule has 2 aliphatic heterocycles. The molecule has 1 aromatic rings. The van der Waals surface area contributed by atoms with E-state index in [1.54, 1.807) is 4.90 Å². The fourth-order valence-corrected chi connectivity index (χ4v) is 2.70. The van der Waals surface area contributed by atoms with E-state index in [2.05, 4.69) is 29.3 Å². The Morgan fingerprint density at radius 2 is 2.18 bits per heavy atom. The van der Waals surface area contributed by atoms with Crippen molar-refractivity contribution >= 4 is 17.3 Å². The minimum absolute atomic E-state index is 0.0388. The van der Waals surface area contributed by atoms with Crippen LogP contribution in [0.1, 0.15) is 5.56 Å². The van der Waals surface area contributed by atoms with Gasteiger partial charge in [0.05, 0.1) is 11.4 Å². The molecule has 1 amide bonds. The Morgan fingerprint density at radius 3 is 3.00 bits per heavy atom. The number of rotatable bonds is 0. The van der Waals surface area contributed by atoms with E-state index in [-0.39, 0.29) is 11.9 Å². The highest BCUT2D eigenvalue weighted by Gasteiger charge is 2.37. The van der Waals surface area contributed by atoms with Gasteiger partial charge in [-0.05, 0) is 24.6 Å². The molecular weight excluding hydrogens is 214 g/mol. The van der Waals surface area contributed by atoms with Crippen molar-refractivity contribution in [2.24, 2.45) is 0 Å². The van der Waals surface area contributed by atoms with Crippen LogP contribution < -0.4 is 15.1 Å². The number of nitrogens with one attached hydrogen (secondary N) is 1. The lowest BCUT2D eigenvalue weighted by Gasteiger charge is -2.44. The molecule has 1 aromatic carbocycles. The van der Waals surface area contributed by atoms with Gasteiger partial charge in [0.15, 0.2) is 0 Å². The lowest BCUT2D eigenvalue weighted by Crippen LogP contribution is -2.61. The number of fused-ring (bicyclic) bond motifs is 3. The molecule has 1 unspecified atom stereocenters. The molecule has 4 nitrogen and oxygen atoms in total. The van der Waals surface area contributed by atoms with Crippen molar-refractivity contribution in [1.29, 1.82) is 0 Å². The average Bonchev–Trinajstić information content (AvgIpc) is 2.36. The molecule has 2 aliphatic rings. The minimum Gasteiger partial charge on any atom is -0.355 e. The van der Waals surface area contributed by atoms with Gasteiger partial charge in [-0.1, -0.05) is 6.07 Å². The predicted octanol–water partition coefficient (Wildman–Crippen LogP) is 0.750. The van der Waals surface area contributed by atoms with Crippen LogP contribution in [-0.4, -0.2) is 38.6 Å². The molecular formula is C13H17N3O. The third-order valence-corrected chi connectivity index (χ3v) is 3.66. The van der Waals surface area contributed by atoms with Crippen LogP contribution in [0.2, 0.25) is 0 Å². The molecule has 2 heterocycles. The molecule has 0 saturated carbocycles. The summed E-state index contributed by atoms with van der Waals surface area (Å²) in [7, 11) is 1.86. The highest BCUT2D eigenvalue weighted by molar-refractivity contribution is 6.05. The second-order valence-electron chi connectivity index (χ2n) is 4.80. The number of nitrogens with zero attached hydrogens (tertiary/aromatic N) is 2. The zero-order valence-electron chi connectivity index (χ0n) is 10.2. The van der Waals surface area contributed by atoms with Crippen LogP contribution in [0.4, 0.5) is 11.4 Å². The standard InChI is InChI=1S/C13H17N3O/c1-9-3-4-10-11(7-9)16-6-5-14-8-12(16)13(17)15(10)2/h3-4,7,12,14H,5-6,8H2,1-2H3. The molecule has 0 radical (unpaired) electrons. The number of benzene rings is 1. The van der Waals surface area contributed by atoms with Gasteiger partial charge in [-0.15, -0.1) is 0 Å². The second-order valence-corrected chi connectivity index (χ2v) is 4.80. The SMILES string of the molecule is Cc1ccc2c(c1)N1CCNCC1C(=O)N2C. The van der Waals surface area contributed by atoms with Crippen LogP contribution in [0.3, 0.4) is 0 Å². The summed E-state index contributed by atoms with van der Waals surface area (Å²) < 4.78 is 0. The first-order valence-corrected chi connectivity index (χ1v) is 6.04. The number of hydrogen-bond acceptors (Lipinski definition) is 3. The maximum atomic E-state index is 12.3. The van der Waals surface area contributed by atoms with E-state index in [0.29, 0.717) is 0 Å². The van der Waals surface area contributed by atoms with E-state index in [1.807, 2.05) is 13.1 Å². The van der Waals surface area contributed by atoms with Crippen LogP contribution >= 0.6 is 0 Å². The first-order chi connectivity index (χ1) is 8.18. The van der Waals surface area contributed by atoms with Gasteiger partial charge in [0.1, 0.15) is 6.04 Å². The third kappa shape index (κ3) is 1.52. The van der Waals surface area contributed by atoms with Crippen molar-refractivity contribution in [1.82, 2.24) is 5.32 Å². The fourth-order valence-electron chi connectivity index (χ4n) is 2.70. The summed E-state index contributed by atoms with van der Waals surface area (Å²) in [5.74, 6) is 0.188. The van der Waals surface area contributed by atoms with E-state index in [4.69, 9.17) is 0 Å². The zero-order chi connectivity index (χ0) is 12.0. The van der Waals surface area contributed by atoms with Crippen LogP contribution in [-0.2, 0) is 4.79 Å². The van der Waals surface area contributed by atoms with Crippen LogP contribution in [0.25, 0.3) is 0 Å². The van der Waals surface area contributed by atoms with E-state index in [9.17, 15) is 4.79 Å². The Bertz CT molecular complexity index is 472. The molecule has 4 heteroatoms. The Balaban J connectivity index is 2.13. The number of carbonyl (C=O) groups excluding carboxylic acids is 1. The molecule has 90 valence electrons. The Morgan fingerprint density at radius 1 is 1.35 bits per heavy atom. The smallest absolute Gasteiger partial charge is 0.250 e. The van der Waals surface area contributed by atoms with Gasteiger partial charge in [0.25, 0.3) is 5.91 Å². The summed E-state index contributed by atoms with van der Waals surface area (Å²) in [6, 6.07) is 6.24. The van der Waals surface area contributed by atoms with Crippen molar-refractivity contribution < 1.29 is 4.79 Å². The lowest BCUT2D eigenvalue weighted by atomic mass is 10.0. The number of likely N-dealkylation sites (N-methyl/N-ethyl adjacent to an activating group) is 1. The topological polar surface area (TPSA) is 35.6 Å². The minimum atomic E-state index is -0.0388. The maximum absolute atomic E-state index is 12.3. The van der Waals surface area contributed by atoms with E-state index in [1.165, 1.54) is 11.3 Å². The van der Waals surface area contributed by atoms with Crippen LogP contribution in [0.15, 0.2) is 18.2 Å². The van der Waals surface area contributed by atoms with Crippen LogP contribution in [0, 0.1) is 6.92 Å². The predicted molar refractivity (Wildman–Crippen MR) is 68.6 cm³/mol. The van der Waals surface area contributed by atoms with Crippen molar-refractivity contribution in [2.45, 2.75) is 13.0 Å². The Kier molecular flexibility index (Phi) is 2.33. The first kappa shape index (κ1) is 10.6. The second kappa shape index (κ2) is 3.74. The summed E-state index contributed by atoms with van der Waals surface area (Å²) in [4.78, 5) is 16.3. The number of piperazine rings is 1. The highest BCUT2D eigenvalue weighted by Crippen LogP contribution is 2.36. The van der Waals surface area contributed by atoms with Crippen molar-refractivity contribution in [3.05, 3.63) is 23.8 Å². The summed E-state index contributed by atoms with van der Waals surface area (Å²) in [5, 5.41) is 3.29. The monoisotopic (exact) mass is 231 g/mol. The fraction of sp³-hybridized carbons (Fsp3) is 0.462. The van der Waals surface area contributed by atoms with E-state index < -0.39 is 0 Å². The molecule has 0 aliphatic carbocycles. The molecule has 1 N–H and O–H groups in total. The molecule has 3 rings (SSSR count).